The monoisotopic (exact) mass is 258 g/mol. The number of benzene rings is 1. The zero-order valence-corrected chi connectivity index (χ0v) is 10.3. The number of urea groups is 1. The molecule has 98 valence electrons. The predicted molar refractivity (Wildman–Crippen MR) is 70.7 cm³/mol. The van der Waals surface area contributed by atoms with Gasteiger partial charge >= 0.3 is 6.03 Å². The van der Waals surface area contributed by atoms with Gasteiger partial charge in [-0.15, -0.1) is 5.11 Å². The summed E-state index contributed by atoms with van der Waals surface area (Å²) in [5, 5.41) is 17.6. The first-order chi connectivity index (χ1) is 9.16. The zero-order valence-electron chi connectivity index (χ0n) is 10.3. The fraction of sp³-hybridized carbons (Fsp3) is 0.308. The van der Waals surface area contributed by atoms with Gasteiger partial charge in [0.25, 0.3) is 0 Å². The fourth-order valence-electron chi connectivity index (χ4n) is 2.67. The molecule has 1 aromatic heterocycles. The number of H-pyrrole nitrogens is 1. The second-order valence-corrected chi connectivity index (χ2v) is 4.69. The van der Waals surface area contributed by atoms with Crippen LogP contribution in [0.5, 0.6) is 5.88 Å². The minimum Gasteiger partial charge on any atom is -0.493 e. The minimum absolute atomic E-state index is 0.0843. The first-order valence-corrected chi connectivity index (χ1v) is 6.23. The van der Waals surface area contributed by atoms with Gasteiger partial charge in [-0.2, -0.15) is 0 Å². The predicted octanol–water partition coefficient (Wildman–Crippen LogP) is 2.91. The summed E-state index contributed by atoms with van der Waals surface area (Å²) in [6.07, 6.45) is 4.38. The molecule has 0 fully saturated rings. The van der Waals surface area contributed by atoms with Crippen molar-refractivity contribution in [3.8, 4) is 5.88 Å². The van der Waals surface area contributed by atoms with Gasteiger partial charge in [0.2, 0.25) is 5.88 Å². The van der Waals surface area contributed by atoms with Gasteiger partial charge in [-0.1, -0.05) is 17.2 Å². The van der Waals surface area contributed by atoms with Crippen LogP contribution in [-0.4, -0.2) is 16.1 Å². The van der Waals surface area contributed by atoms with Gasteiger partial charge in [0.05, 0.1) is 5.52 Å². The maximum absolute atomic E-state index is 10.6. The van der Waals surface area contributed by atoms with Gasteiger partial charge in [0.1, 0.15) is 0 Å². The first-order valence-electron chi connectivity index (χ1n) is 6.23. The molecular formula is C13H14N4O2. The smallest absolute Gasteiger partial charge is 0.356 e. The average molecular weight is 258 g/mol. The third-order valence-electron chi connectivity index (χ3n) is 3.50. The van der Waals surface area contributed by atoms with E-state index in [4.69, 9.17) is 5.73 Å². The van der Waals surface area contributed by atoms with Crippen molar-refractivity contribution in [1.82, 2.24) is 4.98 Å². The van der Waals surface area contributed by atoms with E-state index in [9.17, 15) is 9.90 Å². The number of fused-ring (bicyclic) bond motifs is 3. The van der Waals surface area contributed by atoms with Crippen LogP contribution in [-0.2, 0) is 12.8 Å². The van der Waals surface area contributed by atoms with E-state index in [0.29, 0.717) is 0 Å². The summed E-state index contributed by atoms with van der Waals surface area (Å²) in [6, 6.07) is 3.06. The summed E-state index contributed by atoms with van der Waals surface area (Å²) >= 11 is 0. The fourth-order valence-corrected chi connectivity index (χ4v) is 2.67. The van der Waals surface area contributed by atoms with Crippen LogP contribution in [0, 0.1) is 0 Å². The minimum atomic E-state index is -0.883. The number of amides is 2. The Kier molecular flexibility index (Phi) is 2.70. The molecule has 6 heteroatoms. The molecule has 19 heavy (non-hydrogen) atoms. The van der Waals surface area contributed by atoms with Crippen LogP contribution in [0.4, 0.5) is 10.5 Å². The molecule has 0 radical (unpaired) electrons. The number of rotatable bonds is 1. The number of azo groups is 1. The van der Waals surface area contributed by atoms with Crippen LogP contribution in [0.15, 0.2) is 22.4 Å². The highest BCUT2D eigenvalue weighted by molar-refractivity contribution is 5.97. The van der Waals surface area contributed by atoms with Crippen molar-refractivity contribution in [2.45, 2.75) is 25.7 Å². The van der Waals surface area contributed by atoms with Gasteiger partial charge in [0, 0.05) is 5.39 Å². The number of aromatic nitrogens is 1. The molecule has 2 amide bonds. The van der Waals surface area contributed by atoms with Crippen molar-refractivity contribution in [3.05, 3.63) is 23.3 Å². The Bertz CT molecular complexity index is 687. The number of nitrogens with two attached hydrogens (primary N) is 1. The number of primary amides is 1. The Morgan fingerprint density at radius 1 is 1.32 bits per heavy atom. The molecule has 0 saturated carbocycles. The molecule has 1 aliphatic rings. The number of aromatic amines is 1. The largest absolute Gasteiger partial charge is 0.493 e. The highest BCUT2D eigenvalue weighted by atomic mass is 16.3. The standard InChI is InChI=1S/C13H14N4O2/c14-13(19)17-16-11-9-6-5-7-3-1-2-4-8(7)10(9)15-12(11)18/h5-6,15,18H,1-4H2,(H2,14,19). The third-order valence-corrected chi connectivity index (χ3v) is 3.50. The Balaban J connectivity index is 2.20. The molecule has 1 aromatic carbocycles. The number of aryl methyl sites for hydroxylation is 2. The molecule has 0 atom stereocenters. The van der Waals surface area contributed by atoms with Crippen LogP contribution in [0.2, 0.25) is 0 Å². The molecular weight excluding hydrogens is 244 g/mol. The molecule has 0 bridgehead atoms. The van der Waals surface area contributed by atoms with E-state index in [1.165, 1.54) is 17.5 Å². The SMILES string of the molecule is NC(=O)N=Nc1c(O)[nH]c2c3c(ccc12)CCCC3. The summed E-state index contributed by atoms with van der Waals surface area (Å²) in [5.41, 5.74) is 8.60. The summed E-state index contributed by atoms with van der Waals surface area (Å²) in [7, 11) is 0. The Morgan fingerprint density at radius 3 is 2.89 bits per heavy atom. The topological polar surface area (TPSA) is 104 Å². The average Bonchev–Trinajstić information content (AvgIpc) is 2.72. The van der Waals surface area contributed by atoms with Crippen molar-refractivity contribution in [2.75, 3.05) is 0 Å². The third kappa shape index (κ3) is 1.95. The lowest BCUT2D eigenvalue weighted by Crippen LogP contribution is -2.02. The van der Waals surface area contributed by atoms with Gasteiger partial charge in [-0.3, -0.25) is 0 Å². The lowest BCUT2D eigenvalue weighted by molar-refractivity contribution is 0.255. The number of carbonyl (C=O) groups is 1. The van der Waals surface area contributed by atoms with Crippen molar-refractivity contribution in [3.63, 3.8) is 0 Å². The highest BCUT2D eigenvalue weighted by Crippen LogP contribution is 2.39. The molecule has 0 aliphatic heterocycles. The summed E-state index contributed by atoms with van der Waals surface area (Å²) in [5.74, 6) is -0.0843. The van der Waals surface area contributed by atoms with Gasteiger partial charge in [-0.25, -0.2) is 4.79 Å². The molecule has 4 N–H and O–H groups in total. The number of aromatic hydroxyl groups is 1. The van der Waals surface area contributed by atoms with E-state index in [1.807, 2.05) is 12.1 Å². The van der Waals surface area contributed by atoms with E-state index in [2.05, 4.69) is 15.2 Å². The molecule has 6 nitrogen and oxygen atoms in total. The Hall–Kier alpha value is -2.37. The second kappa shape index (κ2) is 4.38. The quantitative estimate of drug-likeness (QED) is 0.684. The van der Waals surface area contributed by atoms with Crippen molar-refractivity contribution >= 4 is 22.6 Å². The van der Waals surface area contributed by atoms with Crippen molar-refractivity contribution in [2.24, 2.45) is 16.0 Å². The number of nitrogens with one attached hydrogen (secondary N) is 1. The van der Waals surface area contributed by atoms with E-state index in [1.54, 1.807) is 0 Å². The maximum atomic E-state index is 10.6. The van der Waals surface area contributed by atoms with Crippen LogP contribution in [0.3, 0.4) is 0 Å². The molecule has 0 saturated heterocycles. The van der Waals surface area contributed by atoms with Crippen LogP contribution in [0.1, 0.15) is 24.0 Å². The molecule has 1 heterocycles. The molecule has 0 spiro atoms. The van der Waals surface area contributed by atoms with Crippen LogP contribution < -0.4 is 5.73 Å². The van der Waals surface area contributed by atoms with Gasteiger partial charge < -0.3 is 15.8 Å². The zero-order chi connectivity index (χ0) is 13.4. The van der Waals surface area contributed by atoms with E-state index >= 15 is 0 Å². The summed E-state index contributed by atoms with van der Waals surface area (Å²) < 4.78 is 0. The van der Waals surface area contributed by atoms with E-state index in [-0.39, 0.29) is 11.6 Å². The van der Waals surface area contributed by atoms with Crippen LogP contribution in [0.25, 0.3) is 10.9 Å². The molecule has 2 aromatic rings. The summed E-state index contributed by atoms with van der Waals surface area (Å²) in [6.45, 7) is 0. The Morgan fingerprint density at radius 2 is 2.11 bits per heavy atom. The van der Waals surface area contributed by atoms with Crippen molar-refractivity contribution in [1.29, 1.82) is 0 Å². The number of nitrogens with zero attached hydrogens (tertiary/aromatic N) is 2. The lowest BCUT2D eigenvalue weighted by Gasteiger charge is -2.15. The Labute approximate surface area is 109 Å². The maximum Gasteiger partial charge on any atom is 0.356 e. The molecule has 3 rings (SSSR count). The number of hydrogen-bond acceptors (Lipinski definition) is 3. The second-order valence-electron chi connectivity index (χ2n) is 4.69. The first kappa shape index (κ1) is 11.7. The van der Waals surface area contributed by atoms with Gasteiger partial charge in [0.15, 0.2) is 5.69 Å². The van der Waals surface area contributed by atoms with Crippen LogP contribution >= 0.6 is 0 Å². The van der Waals surface area contributed by atoms with E-state index in [0.717, 1.165) is 30.2 Å². The normalized spacial score (nSPS) is 14.9. The highest BCUT2D eigenvalue weighted by Gasteiger charge is 2.18. The molecule has 1 aliphatic carbocycles. The summed E-state index contributed by atoms with van der Waals surface area (Å²) in [4.78, 5) is 13.6. The number of hydrogen-bond donors (Lipinski definition) is 3. The van der Waals surface area contributed by atoms with Gasteiger partial charge in [-0.05, 0) is 36.8 Å². The molecule has 0 unspecified atom stereocenters. The lowest BCUT2D eigenvalue weighted by atomic mass is 9.90. The van der Waals surface area contributed by atoms with E-state index < -0.39 is 6.03 Å². The van der Waals surface area contributed by atoms with Crippen molar-refractivity contribution < 1.29 is 9.90 Å². The number of carbonyl (C=O) groups excluding carboxylic acids is 1.